The van der Waals surface area contributed by atoms with E-state index in [-0.39, 0.29) is 0 Å². The van der Waals surface area contributed by atoms with Gasteiger partial charge in [-0.25, -0.2) is 0 Å². The average Bonchev–Trinajstić information content (AvgIpc) is 2.47. The van der Waals surface area contributed by atoms with Crippen molar-refractivity contribution < 1.29 is 0 Å². The second-order valence-corrected chi connectivity index (χ2v) is 5.18. The molecule has 0 aliphatic carbocycles. The van der Waals surface area contributed by atoms with Crippen molar-refractivity contribution in [3.8, 4) is 0 Å². The molecule has 0 aromatic carbocycles. The zero-order valence-electron chi connectivity index (χ0n) is 7.31. The monoisotopic (exact) mass is 279 g/mol. The zero-order valence-corrected chi connectivity index (χ0v) is 10.5. The second-order valence-electron chi connectivity index (χ2n) is 2.79. The van der Waals surface area contributed by atoms with Crippen molar-refractivity contribution in [3.05, 3.63) is 32.4 Å². The summed E-state index contributed by atoms with van der Waals surface area (Å²) in [6.45, 7) is 6.38. The van der Waals surface area contributed by atoms with E-state index in [1.807, 2.05) is 0 Å². The first kappa shape index (κ1) is 11.2. The topological polar surface area (TPSA) is 12.0 Å². The lowest BCUT2D eigenvalue weighted by molar-refractivity contribution is 0.624. The highest BCUT2D eigenvalue weighted by Crippen LogP contribution is 2.25. The quantitative estimate of drug-likeness (QED) is 0.881. The van der Waals surface area contributed by atoms with Gasteiger partial charge in [0.25, 0.3) is 0 Å². The van der Waals surface area contributed by atoms with Gasteiger partial charge < -0.3 is 5.32 Å². The van der Waals surface area contributed by atoms with Crippen molar-refractivity contribution in [3.63, 3.8) is 0 Å². The molecule has 1 heterocycles. The predicted molar refractivity (Wildman–Crippen MR) is 63.4 cm³/mol. The molecule has 1 atom stereocenters. The minimum absolute atomic E-state index is 0.326. The number of halogens is 2. The van der Waals surface area contributed by atoms with E-state index in [1.165, 1.54) is 4.88 Å². The molecule has 0 fully saturated rings. The summed E-state index contributed by atoms with van der Waals surface area (Å²) in [5.74, 6) is 0. The summed E-state index contributed by atoms with van der Waals surface area (Å²) < 4.78 is 1.13. The zero-order chi connectivity index (χ0) is 9.84. The number of rotatable bonds is 4. The van der Waals surface area contributed by atoms with Crippen molar-refractivity contribution in [2.45, 2.75) is 13.0 Å². The third-order valence-corrected chi connectivity index (χ3v) is 3.62. The molecule has 0 aliphatic heterocycles. The number of hydrogen-bond donors (Lipinski definition) is 1. The maximum absolute atomic E-state index is 5.65. The summed E-state index contributed by atoms with van der Waals surface area (Å²) in [5, 5.41) is 5.98. The maximum atomic E-state index is 5.65. The maximum Gasteiger partial charge on any atom is 0.0389 e. The highest BCUT2D eigenvalue weighted by Gasteiger charge is 2.06. The van der Waals surface area contributed by atoms with Crippen molar-refractivity contribution in [2.24, 2.45) is 0 Å². The van der Waals surface area contributed by atoms with E-state index in [2.05, 4.69) is 46.2 Å². The van der Waals surface area contributed by atoms with Gasteiger partial charge in [0.2, 0.25) is 0 Å². The van der Waals surface area contributed by atoms with Crippen LogP contribution in [0.25, 0.3) is 0 Å². The first-order valence-corrected chi connectivity index (χ1v) is 5.95. The molecule has 1 nitrogen and oxygen atoms in total. The van der Waals surface area contributed by atoms with E-state index in [4.69, 9.17) is 11.6 Å². The Morgan fingerprint density at radius 1 is 1.85 bits per heavy atom. The summed E-state index contributed by atoms with van der Waals surface area (Å²) in [5.41, 5.74) is 0. The van der Waals surface area contributed by atoms with Gasteiger partial charge in [-0.05, 0) is 28.9 Å². The van der Waals surface area contributed by atoms with Crippen LogP contribution in [0.3, 0.4) is 0 Å². The van der Waals surface area contributed by atoms with Crippen LogP contribution in [0.2, 0.25) is 0 Å². The van der Waals surface area contributed by atoms with E-state index in [0.717, 1.165) is 4.47 Å². The van der Waals surface area contributed by atoms with Gasteiger partial charge in [-0.3, -0.25) is 0 Å². The van der Waals surface area contributed by atoms with Crippen molar-refractivity contribution in [2.75, 3.05) is 6.54 Å². The van der Waals surface area contributed by atoms with Gasteiger partial charge in [-0.2, -0.15) is 0 Å². The molecule has 0 amide bonds. The van der Waals surface area contributed by atoms with Crippen molar-refractivity contribution in [1.82, 2.24) is 5.32 Å². The molecule has 0 aliphatic rings. The summed E-state index contributed by atoms with van der Waals surface area (Å²) in [4.78, 5) is 1.30. The average molecular weight is 281 g/mol. The van der Waals surface area contributed by atoms with Crippen LogP contribution in [-0.4, -0.2) is 6.54 Å². The number of thiophene rings is 1. The molecular weight excluding hydrogens is 270 g/mol. The van der Waals surface area contributed by atoms with Gasteiger partial charge >= 0.3 is 0 Å². The van der Waals surface area contributed by atoms with Crippen LogP contribution in [0, 0.1) is 0 Å². The summed E-state index contributed by atoms with van der Waals surface area (Å²) in [6.07, 6.45) is 0. The van der Waals surface area contributed by atoms with Crippen LogP contribution in [-0.2, 0) is 0 Å². The Kier molecular flexibility index (Phi) is 4.46. The smallest absolute Gasteiger partial charge is 0.0389 e. The molecule has 1 aromatic rings. The SMILES string of the molecule is C=C(Cl)CNC(C)c1cc(Br)cs1. The van der Waals surface area contributed by atoms with Crippen LogP contribution in [0.15, 0.2) is 27.5 Å². The molecule has 0 radical (unpaired) electrons. The summed E-state index contributed by atoms with van der Waals surface area (Å²) >= 11 is 10.8. The van der Waals surface area contributed by atoms with Gasteiger partial charge in [-0.1, -0.05) is 18.2 Å². The first-order valence-electron chi connectivity index (χ1n) is 3.90. The molecule has 0 saturated heterocycles. The molecule has 4 heteroatoms. The third-order valence-electron chi connectivity index (χ3n) is 1.61. The minimum atomic E-state index is 0.326. The predicted octanol–water partition coefficient (Wildman–Crippen LogP) is 3.91. The van der Waals surface area contributed by atoms with E-state index in [1.54, 1.807) is 11.3 Å². The van der Waals surface area contributed by atoms with Crippen LogP contribution in [0.1, 0.15) is 17.8 Å². The Bertz CT molecular complexity index is 298. The second kappa shape index (κ2) is 5.15. The van der Waals surface area contributed by atoms with Crippen LogP contribution >= 0.6 is 38.9 Å². The Morgan fingerprint density at radius 2 is 2.54 bits per heavy atom. The Labute approximate surface area is 95.9 Å². The van der Waals surface area contributed by atoms with Crippen LogP contribution in [0.5, 0.6) is 0 Å². The van der Waals surface area contributed by atoms with Crippen molar-refractivity contribution >= 4 is 38.9 Å². The lowest BCUT2D eigenvalue weighted by Crippen LogP contribution is -2.18. The highest BCUT2D eigenvalue weighted by atomic mass is 79.9. The Hall–Kier alpha value is 0.170. The lowest BCUT2D eigenvalue weighted by Gasteiger charge is -2.10. The van der Waals surface area contributed by atoms with Crippen LogP contribution < -0.4 is 5.32 Å². The molecule has 0 saturated carbocycles. The number of hydrogen-bond acceptors (Lipinski definition) is 2. The number of nitrogens with one attached hydrogen (secondary N) is 1. The fraction of sp³-hybridized carbons (Fsp3) is 0.333. The molecule has 1 N–H and O–H groups in total. The molecule has 0 spiro atoms. The van der Waals surface area contributed by atoms with Gasteiger partial charge in [0.1, 0.15) is 0 Å². The van der Waals surface area contributed by atoms with E-state index in [9.17, 15) is 0 Å². The fourth-order valence-corrected chi connectivity index (χ4v) is 2.47. The molecule has 1 unspecified atom stereocenters. The van der Waals surface area contributed by atoms with Crippen molar-refractivity contribution in [1.29, 1.82) is 0 Å². The first-order chi connectivity index (χ1) is 6.09. The molecule has 13 heavy (non-hydrogen) atoms. The third kappa shape index (κ3) is 3.81. The minimum Gasteiger partial charge on any atom is -0.304 e. The standard InChI is InChI=1S/C9H11BrClNS/c1-6(11)4-12-7(2)9-3-8(10)5-13-9/h3,5,7,12H,1,4H2,2H3. The Morgan fingerprint density at radius 3 is 3.00 bits per heavy atom. The van der Waals surface area contributed by atoms with E-state index < -0.39 is 0 Å². The highest BCUT2D eigenvalue weighted by molar-refractivity contribution is 9.10. The molecule has 1 rings (SSSR count). The lowest BCUT2D eigenvalue weighted by atomic mass is 10.3. The van der Waals surface area contributed by atoms with Gasteiger partial charge in [0, 0.05) is 32.3 Å². The molecular formula is C9H11BrClNS. The summed E-state index contributed by atoms with van der Waals surface area (Å²) in [6, 6.07) is 2.44. The van der Waals surface area contributed by atoms with E-state index in [0.29, 0.717) is 17.6 Å². The van der Waals surface area contributed by atoms with Gasteiger partial charge in [-0.15, -0.1) is 11.3 Å². The fourth-order valence-electron chi connectivity index (χ4n) is 0.920. The molecule has 72 valence electrons. The van der Waals surface area contributed by atoms with Crippen LogP contribution in [0.4, 0.5) is 0 Å². The normalized spacial score (nSPS) is 12.8. The molecule has 0 bridgehead atoms. The van der Waals surface area contributed by atoms with Gasteiger partial charge in [0.05, 0.1) is 0 Å². The largest absolute Gasteiger partial charge is 0.304 e. The van der Waals surface area contributed by atoms with Gasteiger partial charge in [0.15, 0.2) is 0 Å². The summed E-state index contributed by atoms with van der Waals surface area (Å²) in [7, 11) is 0. The molecule has 1 aromatic heterocycles. The van der Waals surface area contributed by atoms with E-state index >= 15 is 0 Å². The Balaban J connectivity index is 2.48.